The Balaban J connectivity index is 1.86. The molecule has 0 aliphatic carbocycles. The summed E-state index contributed by atoms with van der Waals surface area (Å²) in [7, 11) is 0. The molecule has 3 nitrogen and oxygen atoms in total. The van der Waals surface area contributed by atoms with Gasteiger partial charge in [-0.2, -0.15) is 0 Å². The maximum Gasteiger partial charge on any atom is 0.123 e. The summed E-state index contributed by atoms with van der Waals surface area (Å²) in [6.45, 7) is 7.56. The van der Waals surface area contributed by atoms with Crippen molar-refractivity contribution in [3.63, 3.8) is 0 Å². The van der Waals surface area contributed by atoms with Gasteiger partial charge >= 0.3 is 0 Å². The van der Waals surface area contributed by atoms with Crippen molar-refractivity contribution in [1.29, 1.82) is 0 Å². The predicted octanol–water partition coefficient (Wildman–Crippen LogP) is 2.30. The van der Waals surface area contributed by atoms with E-state index in [0.717, 1.165) is 25.1 Å². The molecular weight excluding hydrogens is 238 g/mol. The van der Waals surface area contributed by atoms with E-state index >= 15 is 0 Å². The van der Waals surface area contributed by atoms with Crippen LogP contribution in [0.2, 0.25) is 0 Å². The topological polar surface area (TPSA) is 41.5 Å². The van der Waals surface area contributed by atoms with Crippen LogP contribution in [0.5, 0.6) is 5.75 Å². The van der Waals surface area contributed by atoms with Gasteiger partial charge in [-0.15, -0.1) is 0 Å². The maximum absolute atomic E-state index is 9.08. The Labute approximate surface area is 116 Å². The molecule has 1 aromatic carbocycles. The number of fused-ring (bicyclic) bond motifs is 1. The highest BCUT2D eigenvalue weighted by Crippen LogP contribution is 2.29. The maximum atomic E-state index is 9.08. The molecule has 106 valence electrons. The molecule has 19 heavy (non-hydrogen) atoms. The smallest absolute Gasteiger partial charge is 0.123 e. The average molecular weight is 263 g/mol. The van der Waals surface area contributed by atoms with Gasteiger partial charge < -0.3 is 15.2 Å². The van der Waals surface area contributed by atoms with Gasteiger partial charge in [-0.05, 0) is 30.9 Å². The Morgan fingerprint density at radius 1 is 1.42 bits per heavy atom. The number of ether oxygens (including phenoxy) is 1. The zero-order chi connectivity index (χ0) is 13.8. The zero-order valence-corrected chi connectivity index (χ0v) is 12.1. The molecule has 2 N–H and O–H groups in total. The number of aryl methyl sites for hydroxylation is 1. The van der Waals surface area contributed by atoms with Gasteiger partial charge in [0, 0.05) is 25.6 Å². The van der Waals surface area contributed by atoms with Crippen LogP contribution in [0.25, 0.3) is 0 Å². The second-order valence-electron chi connectivity index (χ2n) is 5.83. The van der Waals surface area contributed by atoms with Crippen molar-refractivity contribution in [2.75, 3.05) is 13.2 Å². The van der Waals surface area contributed by atoms with Crippen molar-refractivity contribution in [3.05, 3.63) is 29.3 Å². The molecule has 0 spiro atoms. The van der Waals surface area contributed by atoms with E-state index in [2.05, 4.69) is 44.3 Å². The van der Waals surface area contributed by atoms with Crippen LogP contribution in [0, 0.1) is 12.8 Å². The Bertz CT molecular complexity index is 417. The third-order valence-electron chi connectivity index (χ3n) is 3.81. The Morgan fingerprint density at radius 2 is 2.21 bits per heavy atom. The minimum Gasteiger partial charge on any atom is -0.488 e. The first-order chi connectivity index (χ1) is 9.10. The van der Waals surface area contributed by atoms with Crippen molar-refractivity contribution in [2.45, 2.75) is 45.8 Å². The number of rotatable bonds is 6. The third-order valence-corrected chi connectivity index (χ3v) is 3.81. The first kappa shape index (κ1) is 14.4. The number of hydrogen-bond donors (Lipinski definition) is 2. The molecule has 2 unspecified atom stereocenters. The van der Waals surface area contributed by atoms with Gasteiger partial charge in [-0.3, -0.25) is 0 Å². The summed E-state index contributed by atoms with van der Waals surface area (Å²) in [5, 5.41) is 12.6. The van der Waals surface area contributed by atoms with Gasteiger partial charge in [0.1, 0.15) is 11.9 Å². The summed E-state index contributed by atoms with van der Waals surface area (Å²) in [4.78, 5) is 0. The third kappa shape index (κ3) is 3.71. The molecule has 0 bridgehead atoms. The lowest BCUT2D eigenvalue weighted by Gasteiger charge is -2.23. The molecule has 3 heteroatoms. The molecule has 1 aliphatic heterocycles. The molecule has 0 saturated heterocycles. The van der Waals surface area contributed by atoms with Crippen LogP contribution in [0.1, 0.15) is 31.4 Å². The molecule has 1 heterocycles. The van der Waals surface area contributed by atoms with Crippen LogP contribution in [0.15, 0.2) is 18.2 Å². The van der Waals surface area contributed by atoms with Crippen LogP contribution in [-0.4, -0.2) is 30.4 Å². The second kappa shape index (κ2) is 6.40. The van der Waals surface area contributed by atoms with E-state index < -0.39 is 0 Å². The van der Waals surface area contributed by atoms with Crippen molar-refractivity contribution in [2.24, 2.45) is 5.92 Å². The predicted molar refractivity (Wildman–Crippen MR) is 77.6 cm³/mol. The highest BCUT2D eigenvalue weighted by Gasteiger charge is 2.24. The molecule has 1 aliphatic rings. The van der Waals surface area contributed by atoms with E-state index in [0.29, 0.717) is 12.0 Å². The van der Waals surface area contributed by atoms with E-state index in [1.807, 2.05) is 0 Å². The highest BCUT2D eigenvalue weighted by molar-refractivity contribution is 5.40. The highest BCUT2D eigenvalue weighted by atomic mass is 16.5. The summed E-state index contributed by atoms with van der Waals surface area (Å²) in [6, 6.07) is 6.73. The number of aliphatic hydroxyl groups excluding tert-OH is 1. The first-order valence-electron chi connectivity index (χ1n) is 7.20. The average Bonchev–Trinajstić information content (AvgIpc) is 2.75. The molecule has 0 amide bonds. The summed E-state index contributed by atoms with van der Waals surface area (Å²) in [5.41, 5.74) is 2.60. The van der Waals surface area contributed by atoms with Gasteiger partial charge in [0.15, 0.2) is 0 Å². The fourth-order valence-corrected chi connectivity index (χ4v) is 2.66. The summed E-state index contributed by atoms with van der Waals surface area (Å²) in [5.74, 6) is 1.55. The van der Waals surface area contributed by atoms with Crippen LogP contribution in [0.3, 0.4) is 0 Å². The molecule has 0 fully saturated rings. The molecular formula is C16H25NO2. The van der Waals surface area contributed by atoms with Gasteiger partial charge in [-0.25, -0.2) is 0 Å². The monoisotopic (exact) mass is 263 g/mol. The largest absolute Gasteiger partial charge is 0.488 e. The minimum absolute atomic E-state index is 0.219. The van der Waals surface area contributed by atoms with Crippen LogP contribution < -0.4 is 10.1 Å². The fourth-order valence-electron chi connectivity index (χ4n) is 2.66. The van der Waals surface area contributed by atoms with E-state index in [9.17, 15) is 0 Å². The molecule has 2 atom stereocenters. The van der Waals surface area contributed by atoms with Crippen LogP contribution in [-0.2, 0) is 6.42 Å². The quantitative estimate of drug-likeness (QED) is 0.827. The van der Waals surface area contributed by atoms with E-state index in [4.69, 9.17) is 9.84 Å². The lowest BCUT2D eigenvalue weighted by Crippen LogP contribution is -2.40. The summed E-state index contributed by atoms with van der Waals surface area (Å²) in [6.07, 6.45) is 2.00. The normalized spacial score (nSPS) is 19.3. The second-order valence-corrected chi connectivity index (χ2v) is 5.83. The van der Waals surface area contributed by atoms with Crippen molar-refractivity contribution in [1.82, 2.24) is 5.32 Å². The van der Waals surface area contributed by atoms with Gasteiger partial charge in [0.05, 0.1) is 0 Å². The zero-order valence-electron chi connectivity index (χ0n) is 12.1. The molecule has 1 aromatic rings. The molecule has 2 rings (SSSR count). The van der Waals surface area contributed by atoms with Crippen LogP contribution in [0.4, 0.5) is 0 Å². The van der Waals surface area contributed by atoms with Crippen molar-refractivity contribution < 1.29 is 9.84 Å². The Kier molecular flexibility index (Phi) is 4.83. The lowest BCUT2D eigenvalue weighted by atomic mass is 10.0. The van der Waals surface area contributed by atoms with Crippen molar-refractivity contribution >= 4 is 0 Å². The summed E-state index contributed by atoms with van der Waals surface area (Å²) < 4.78 is 5.95. The van der Waals surface area contributed by atoms with Gasteiger partial charge in [-0.1, -0.05) is 31.5 Å². The van der Waals surface area contributed by atoms with E-state index in [-0.39, 0.29) is 12.7 Å². The standard InChI is InChI=1S/C16H25NO2/c1-11(2)15(6-7-18)17-10-14-9-13-8-12(3)4-5-16(13)19-14/h4-5,8,11,14-15,17-18H,6-7,9-10H2,1-3H3. The van der Waals surface area contributed by atoms with Gasteiger partial charge in [0.2, 0.25) is 0 Å². The molecule has 0 radical (unpaired) electrons. The van der Waals surface area contributed by atoms with Gasteiger partial charge in [0.25, 0.3) is 0 Å². The fraction of sp³-hybridized carbons (Fsp3) is 0.625. The first-order valence-corrected chi connectivity index (χ1v) is 7.20. The number of nitrogens with one attached hydrogen (secondary N) is 1. The Morgan fingerprint density at radius 3 is 2.89 bits per heavy atom. The van der Waals surface area contributed by atoms with E-state index in [1.165, 1.54) is 11.1 Å². The number of benzene rings is 1. The lowest BCUT2D eigenvalue weighted by molar-refractivity contribution is 0.198. The SMILES string of the molecule is Cc1ccc2c(c1)CC(CNC(CCO)C(C)C)O2. The summed E-state index contributed by atoms with van der Waals surface area (Å²) >= 11 is 0. The van der Waals surface area contributed by atoms with Crippen molar-refractivity contribution in [3.8, 4) is 5.75 Å². The van der Waals surface area contributed by atoms with E-state index in [1.54, 1.807) is 0 Å². The number of aliphatic hydroxyl groups is 1. The molecule has 0 saturated carbocycles. The molecule has 0 aromatic heterocycles. The minimum atomic E-state index is 0.219. The number of hydrogen-bond acceptors (Lipinski definition) is 3. The van der Waals surface area contributed by atoms with Crippen LogP contribution >= 0.6 is 0 Å². The Hall–Kier alpha value is -1.06.